The smallest absolute Gasteiger partial charge is 0.311 e. The molecule has 0 radical (unpaired) electrons. The van der Waals surface area contributed by atoms with Crippen LogP contribution in [0.4, 0.5) is 0 Å². The average molecular weight is 263 g/mol. The highest BCUT2D eigenvalue weighted by molar-refractivity contribution is 5.90. The predicted octanol–water partition coefficient (Wildman–Crippen LogP) is 2.06. The number of nitrogens with zero attached hydrogens (tertiary/aromatic N) is 1. The number of amides is 1. The van der Waals surface area contributed by atoms with Crippen LogP contribution in [-0.4, -0.2) is 35.0 Å². The first kappa shape index (κ1) is 12.7. The molecule has 4 heteroatoms. The number of rotatable bonds is 4. The van der Waals surface area contributed by atoms with E-state index < -0.39 is 11.4 Å². The molecule has 2 aliphatic carbocycles. The molecule has 0 aromatic heterocycles. The topological polar surface area (TPSA) is 57.6 Å². The largest absolute Gasteiger partial charge is 0.481 e. The molecule has 2 saturated carbocycles. The van der Waals surface area contributed by atoms with Crippen molar-refractivity contribution in [3.63, 3.8) is 0 Å². The van der Waals surface area contributed by atoms with E-state index in [0.29, 0.717) is 31.3 Å². The van der Waals surface area contributed by atoms with Crippen LogP contribution >= 0.6 is 0 Å². The quantitative estimate of drug-likeness (QED) is 0.790. The highest BCUT2D eigenvalue weighted by Crippen LogP contribution is 2.48. The normalized spacial score (nSPS) is 30.3. The summed E-state index contributed by atoms with van der Waals surface area (Å²) >= 11 is 0. The fourth-order valence-electron chi connectivity index (χ4n) is 2.96. The number of carbonyl (C=O) groups is 2. The van der Waals surface area contributed by atoms with Gasteiger partial charge in [-0.05, 0) is 50.9 Å². The SMILES string of the molecule is CC1(C(=O)O)CCN(C(=O)C=C(C2CC2)C2CC2)C1. The van der Waals surface area contributed by atoms with Crippen LogP contribution in [0.3, 0.4) is 0 Å². The second-order valence-electron chi connectivity index (χ2n) is 6.57. The average Bonchev–Trinajstić information content (AvgIpc) is 3.25. The maximum Gasteiger partial charge on any atom is 0.311 e. The molecule has 104 valence electrons. The van der Waals surface area contributed by atoms with Gasteiger partial charge in [-0.25, -0.2) is 0 Å². The van der Waals surface area contributed by atoms with Crippen LogP contribution in [0.5, 0.6) is 0 Å². The third kappa shape index (κ3) is 2.53. The summed E-state index contributed by atoms with van der Waals surface area (Å²) in [6.45, 7) is 2.65. The second-order valence-corrected chi connectivity index (χ2v) is 6.57. The summed E-state index contributed by atoms with van der Waals surface area (Å²) in [5.41, 5.74) is 0.581. The van der Waals surface area contributed by atoms with Gasteiger partial charge in [-0.3, -0.25) is 9.59 Å². The summed E-state index contributed by atoms with van der Waals surface area (Å²) in [7, 11) is 0. The zero-order chi connectivity index (χ0) is 13.6. The lowest BCUT2D eigenvalue weighted by molar-refractivity contribution is -0.147. The molecule has 0 aromatic carbocycles. The number of allylic oxidation sites excluding steroid dienone is 1. The van der Waals surface area contributed by atoms with Crippen LogP contribution in [0.15, 0.2) is 11.6 Å². The van der Waals surface area contributed by atoms with Gasteiger partial charge in [0, 0.05) is 19.2 Å². The van der Waals surface area contributed by atoms with Crippen LogP contribution in [0, 0.1) is 17.3 Å². The number of hydrogen-bond donors (Lipinski definition) is 1. The Morgan fingerprint density at radius 2 is 1.79 bits per heavy atom. The molecule has 0 bridgehead atoms. The van der Waals surface area contributed by atoms with Crippen molar-refractivity contribution in [2.24, 2.45) is 17.3 Å². The zero-order valence-electron chi connectivity index (χ0n) is 11.4. The highest BCUT2D eigenvalue weighted by atomic mass is 16.4. The van der Waals surface area contributed by atoms with Gasteiger partial charge in [-0.1, -0.05) is 5.57 Å². The summed E-state index contributed by atoms with van der Waals surface area (Å²) < 4.78 is 0. The Labute approximate surface area is 113 Å². The molecule has 1 atom stereocenters. The van der Waals surface area contributed by atoms with Gasteiger partial charge in [0.25, 0.3) is 0 Å². The number of carboxylic acid groups (broad SMARTS) is 1. The van der Waals surface area contributed by atoms with Crippen molar-refractivity contribution in [2.45, 2.75) is 39.0 Å². The standard InChI is InChI=1S/C15H21NO3/c1-15(14(18)19)6-7-16(9-15)13(17)8-12(10-2-3-10)11-4-5-11/h8,10-11H,2-7,9H2,1H3,(H,18,19). The molecular weight excluding hydrogens is 242 g/mol. The summed E-state index contributed by atoms with van der Waals surface area (Å²) in [6.07, 6.45) is 7.28. The Hall–Kier alpha value is -1.32. The zero-order valence-corrected chi connectivity index (χ0v) is 11.4. The van der Waals surface area contributed by atoms with E-state index in [-0.39, 0.29) is 5.91 Å². The first-order valence-corrected chi connectivity index (χ1v) is 7.23. The lowest BCUT2D eigenvalue weighted by Crippen LogP contribution is -2.34. The van der Waals surface area contributed by atoms with Crippen LogP contribution in [0.1, 0.15) is 39.0 Å². The van der Waals surface area contributed by atoms with Gasteiger partial charge in [-0.15, -0.1) is 0 Å². The molecule has 1 amide bonds. The van der Waals surface area contributed by atoms with E-state index in [1.165, 1.54) is 31.3 Å². The van der Waals surface area contributed by atoms with Crippen LogP contribution in [0.2, 0.25) is 0 Å². The van der Waals surface area contributed by atoms with Crippen molar-refractivity contribution >= 4 is 11.9 Å². The van der Waals surface area contributed by atoms with E-state index in [9.17, 15) is 14.7 Å². The molecule has 19 heavy (non-hydrogen) atoms. The van der Waals surface area contributed by atoms with Crippen LogP contribution in [-0.2, 0) is 9.59 Å². The van der Waals surface area contributed by atoms with Gasteiger partial charge >= 0.3 is 5.97 Å². The van der Waals surface area contributed by atoms with E-state index >= 15 is 0 Å². The predicted molar refractivity (Wildman–Crippen MR) is 70.5 cm³/mol. The number of likely N-dealkylation sites (tertiary alicyclic amines) is 1. The Bertz CT molecular complexity index is 434. The van der Waals surface area contributed by atoms with E-state index in [4.69, 9.17) is 0 Å². The maximum absolute atomic E-state index is 12.3. The van der Waals surface area contributed by atoms with Crippen LogP contribution < -0.4 is 0 Å². The van der Waals surface area contributed by atoms with Crippen molar-refractivity contribution in [3.8, 4) is 0 Å². The van der Waals surface area contributed by atoms with Crippen molar-refractivity contribution in [3.05, 3.63) is 11.6 Å². The van der Waals surface area contributed by atoms with E-state index in [1.54, 1.807) is 11.8 Å². The molecule has 1 N–H and O–H groups in total. The first-order chi connectivity index (χ1) is 8.99. The molecule has 1 saturated heterocycles. The van der Waals surface area contributed by atoms with Gasteiger partial charge in [-0.2, -0.15) is 0 Å². The fraction of sp³-hybridized carbons (Fsp3) is 0.733. The van der Waals surface area contributed by atoms with Crippen molar-refractivity contribution in [1.29, 1.82) is 0 Å². The molecule has 0 aromatic rings. The van der Waals surface area contributed by atoms with Crippen molar-refractivity contribution in [1.82, 2.24) is 4.90 Å². The molecule has 1 unspecified atom stereocenters. The highest BCUT2D eigenvalue weighted by Gasteiger charge is 2.42. The van der Waals surface area contributed by atoms with Gasteiger partial charge < -0.3 is 10.0 Å². The molecule has 4 nitrogen and oxygen atoms in total. The Morgan fingerprint density at radius 3 is 2.21 bits per heavy atom. The minimum absolute atomic E-state index is 0.0266. The lowest BCUT2D eigenvalue weighted by atomic mass is 9.90. The molecule has 0 spiro atoms. The molecule has 1 aliphatic heterocycles. The van der Waals surface area contributed by atoms with Crippen LogP contribution in [0.25, 0.3) is 0 Å². The van der Waals surface area contributed by atoms with E-state index in [1.807, 2.05) is 6.08 Å². The van der Waals surface area contributed by atoms with E-state index in [2.05, 4.69) is 0 Å². The third-order valence-electron chi connectivity index (χ3n) is 4.69. The molecule has 3 fully saturated rings. The lowest BCUT2D eigenvalue weighted by Gasteiger charge is -2.19. The Morgan fingerprint density at radius 1 is 1.21 bits per heavy atom. The fourth-order valence-corrected chi connectivity index (χ4v) is 2.96. The van der Waals surface area contributed by atoms with Crippen molar-refractivity contribution < 1.29 is 14.7 Å². The second kappa shape index (κ2) is 4.36. The maximum atomic E-state index is 12.3. The summed E-state index contributed by atoms with van der Waals surface area (Å²) in [4.78, 5) is 25.2. The number of carbonyl (C=O) groups excluding carboxylic acids is 1. The first-order valence-electron chi connectivity index (χ1n) is 7.23. The number of hydrogen-bond acceptors (Lipinski definition) is 2. The molecule has 1 heterocycles. The van der Waals surface area contributed by atoms with Gasteiger partial charge in [0.15, 0.2) is 0 Å². The summed E-state index contributed by atoms with van der Waals surface area (Å²) in [6, 6.07) is 0. The molecule has 3 aliphatic rings. The summed E-state index contributed by atoms with van der Waals surface area (Å²) in [5.74, 6) is 0.519. The number of carboxylic acids is 1. The third-order valence-corrected chi connectivity index (χ3v) is 4.69. The number of aliphatic carboxylic acids is 1. The van der Waals surface area contributed by atoms with Gasteiger partial charge in [0.05, 0.1) is 5.41 Å². The monoisotopic (exact) mass is 263 g/mol. The Kier molecular flexibility index (Phi) is 2.91. The minimum atomic E-state index is -0.795. The molecule has 3 rings (SSSR count). The summed E-state index contributed by atoms with van der Waals surface area (Å²) in [5, 5.41) is 9.20. The van der Waals surface area contributed by atoms with Gasteiger partial charge in [0.2, 0.25) is 5.91 Å². The Balaban J connectivity index is 1.68. The molecular formula is C15H21NO3. The van der Waals surface area contributed by atoms with E-state index in [0.717, 1.165) is 0 Å². The minimum Gasteiger partial charge on any atom is -0.481 e. The van der Waals surface area contributed by atoms with Crippen molar-refractivity contribution in [2.75, 3.05) is 13.1 Å². The van der Waals surface area contributed by atoms with Gasteiger partial charge in [0.1, 0.15) is 0 Å².